The minimum Gasteiger partial charge on any atom is -0.368 e. The molecule has 2 aliphatic heterocycles. The molecular weight excluding hydrogens is 781 g/mol. The van der Waals surface area contributed by atoms with Crippen LogP contribution in [0.2, 0.25) is 0 Å². The fraction of sp³-hybridized carbons (Fsp3) is 0.522. The smallest absolute Gasteiger partial charge is 0.252 e. The molecule has 3 amide bonds. The molecule has 0 saturated carbocycles. The predicted octanol–water partition coefficient (Wildman–Crippen LogP) is 5.70. The van der Waals surface area contributed by atoms with E-state index in [1.807, 2.05) is 119 Å². The Morgan fingerprint density at radius 3 is 1.84 bits per heavy atom. The van der Waals surface area contributed by atoms with Gasteiger partial charge in [0.2, 0.25) is 11.8 Å². The maximum absolute atomic E-state index is 14.8. The number of amides is 3. The molecule has 15 nitrogen and oxygen atoms in total. The van der Waals surface area contributed by atoms with Crippen LogP contribution >= 0.6 is 0 Å². The van der Waals surface area contributed by atoms with E-state index in [-0.39, 0.29) is 50.6 Å². The Kier molecular flexibility index (Phi) is 17.4. The third kappa shape index (κ3) is 13.2. The van der Waals surface area contributed by atoms with Gasteiger partial charge in [-0.25, -0.2) is 0 Å². The number of nitrogens with zero attached hydrogens (tertiary/aromatic N) is 4. The average molecular weight is 841 g/mol. The van der Waals surface area contributed by atoms with Gasteiger partial charge in [0.1, 0.15) is 42.6 Å². The number of rotatable bonds is 23. The molecule has 0 aliphatic carbocycles. The molecule has 0 radical (unpaired) electrons. The highest BCUT2D eigenvalue weighted by atomic mass is 16.6. The van der Waals surface area contributed by atoms with Crippen LogP contribution in [0.5, 0.6) is 0 Å². The molecule has 5 rings (SSSR count). The van der Waals surface area contributed by atoms with Crippen molar-refractivity contribution in [3.63, 3.8) is 0 Å². The number of carbonyl (C=O) groups is 4. The van der Waals surface area contributed by atoms with Crippen LogP contribution in [-0.4, -0.2) is 103 Å². The van der Waals surface area contributed by atoms with Crippen LogP contribution in [0.4, 0.5) is 0 Å². The van der Waals surface area contributed by atoms with Gasteiger partial charge in [0, 0.05) is 18.5 Å². The van der Waals surface area contributed by atoms with Crippen molar-refractivity contribution in [2.24, 2.45) is 17.0 Å². The van der Waals surface area contributed by atoms with Gasteiger partial charge in [-0.05, 0) is 47.4 Å². The lowest BCUT2D eigenvalue weighted by atomic mass is 9.91. The first-order valence-electron chi connectivity index (χ1n) is 21.0. The number of epoxide rings is 1. The van der Waals surface area contributed by atoms with Crippen LogP contribution in [-0.2, 0) is 62.7 Å². The highest BCUT2D eigenvalue weighted by molar-refractivity contribution is 5.97. The second-order valence-corrected chi connectivity index (χ2v) is 16.4. The summed E-state index contributed by atoms with van der Waals surface area (Å²) >= 11 is 0. The molecule has 3 aromatic carbocycles. The van der Waals surface area contributed by atoms with Crippen molar-refractivity contribution in [2.45, 2.75) is 115 Å². The first-order chi connectivity index (χ1) is 29.3. The summed E-state index contributed by atoms with van der Waals surface area (Å²) in [4.78, 5) is 59.7. The van der Waals surface area contributed by atoms with Crippen molar-refractivity contribution in [2.75, 3.05) is 26.7 Å². The summed E-state index contributed by atoms with van der Waals surface area (Å²) in [6.07, 6.45) is -4.31. The fourth-order valence-corrected chi connectivity index (χ4v) is 7.44. The van der Waals surface area contributed by atoms with E-state index in [0.717, 1.165) is 16.7 Å². The molecule has 2 heterocycles. The summed E-state index contributed by atoms with van der Waals surface area (Å²) in [6.45, 7) is 9.48. The quantitative estimate of drug-likeness (QED) is 0.0522. The number of ether oxygens (including phenoxy) is 5. The molecule has 328 valence electrons. The van der Waals surface area contributed by atoms with Gasteiger partial charge in [0.05, 0.1) is 32.5 Å². The van der Waals surface area contributed by atoms with Crippen LogP contribution in [0, 0.1) is 11.8 Å². The lowest BCUT2D eigenvalue weighted by Crippen LogP contribution is -2.66. The highest BCUT2D eigenvalue weighted by Crippen LogP contribution is 2.33. The maximum atomic E-state index is 14.8. The largest absolute Gasteiger partial charge is 0.368 e. The normalized spacial score (nSPS) is 23.5. The van der Waals surface area contributed by atoms with Gasteiger partial charge in [-0.2, -0.15) is 0 Å². The summed E-state index contributed by atoms with van der Waals surface area (Å²) in [6, 6.07) is 26.9. The zero-order valence-electron chi connectivity index (χ0n) is 36.0. The number of ketones is 1. The number of hydrogen-bond donors (Lipinski definition) is 2. The van der Waals surface area contributed by atoms with Gasteiger partial charge in [-0.15, -0.1) is 0 Å². The molecule has 3 aromatic rings. The van der Waals surface area contributed by atoms with E-state index in [0.29, 0.717) is 12.8 Å². The van der Waals surface area contributed by atoms with E-state index in [1.165, 1.54) is 11.9 Å². The molecule has 0 aromatic heterocycles. The third-order valence-electron chi connectivity index (χ3n) is 11.2. The van der Waals surface area contributed by atoms with Crippen molar-refractivity contribution < 1.29 is 42.9 Å². The zero-order valence-corrected chi connectivity index (χ0v) is 36.0. The van der Waals surface area contributed by atoms with Crippen molar-refractivity contribution in [1.82, 2.24) is 15.5 Å². The second-order valence-electron chi connectivity index (χ2n) is 16.4. The molecule has 2 N–H and O–H groups in total. The Morgan fingerprint density at radius 1 is 0.852 bits per heavy atom. The molecule has 0 spiro atoms. The summed E-state index contributed by atoms with van der Waals surface area (Å²) in [5, 5.41) is 9.38. The van der Waals surface area contributed by atoms with Gasteiger partial charge in [0.25, 0.3) is 5.91 Å². The molecule has 15 heteroatoms. The minimum absolute atomic E-state index is 0.0601. The van der Waals surface area contributed by atoms with E-state index in [9.17, 15) is 19.2 Å². The Morgan fingerprint density at radius 2 is 1.36 bits per heavy atom. The molecular formula is C46H60N6O9. The summed E-state index contributed by atoms with van der Waals surface area (Å²) in [5.74, 6) is -2.02. The summed E-state index contributed by atoms with van der Waals surface area (Å²) < 4.78 is 32.4. The maximum Gasteiger partial charge on any atom is 0.252 e. The van der Waals surface area contributed by atoms with E-state index < -0.39 is 72.5 Å². The van der Waals surface area contributed by atoms with Crippen LogP contribution < -0.4 is 10.6 Å². The van der Waals surface area contributed by atoms with Crippen molar-refractivity contribution in [3.05, 3.63) is 118 Å². The molecule has 2 aliphatic rings. The SMILES string of the molecule is CC[C@H](C)C(C(=O)NC[C@@H]1O[C@H](C(=O)N[C@@H](CC(C)C)C(=O)[C@@]2(C)CO2)[C@@H](OCc2ccccc2)[C@H](OCc2ccccc2)[C@H]1OCc1ccccc1)N(C)C(=O)CN=[N+]=[N-]. The second kappa shape index (κ2) is 22.6. The molecule has 9 atom stereocenters. The predicted molar refractivity (Wildman–Crippen MR) is 228 cm³/mol. The van der Waals surface area contributed by atoms with E-state index in [2.05, 4.69) is 20.7 Å². The minimum atomic E-state index is -1.34. The van der Waals surface area contributed by atoms with Crippen molar-refractivity contribution in [1.29, 1.82) is 0 Å². The Hall–Kier alpha value is -5.15. The lowest BCUT2D eigenvalue weighted by Gasteiger charge is -2.46. The Labute approximate surface area is 358 Å². The van der Waals surface area contributed by atoms with Crippen molar-refractivity contribution >= 4 is 23.5 Å². The number of carbonyl (C=O) groups excluding carboxylic acids is 4. The monoisotopic (exact) mass is 840 g/mol. The fourth-order valence-electron chi connectivity index (χ4n) is 7.44. The topological polar surface area (TPSA) is 194 Å². The molecule has 1 unspecified atom stereocenters. The van der Waals surface area contributed by atoms with E-state index in [1.54, 1.807) is 6.92 Å². The van der Waals surface area contributed by atoms with Crippen molar-refractivity contribution in [3.8, 4) is 0 Å². The van der Waals surface area contributed by atoms with Gasteiger partial charge in [-0.3, -0.25) is 19.2 Å². The number of benzene rings is 3. The standard InChI is InChI=1S/C46H60N6O9/c1-7-31(4)38(52(6)37(53)25-49-51-47)44(55)48-24-36-39(57-26-32-17-11-8-12-18-32)40(58-27-33-19-13-9-14-20-33)41(59-28-34-21-15-10-16-22-34)42(61-36)45(56)50-35(23-30(2)3)43(54)46(5)29-60-46/h8-22,30-31,35-36,38-42H,7,23-29H2,1-6H3,(H,48,55)(H,50,56)/t31-,35-,36-,38?,39-,40+,41-,42-,46+/m0/s1. The molecule has 2 saturated heterocycles. The lowest BCUT2D eigenvalue weighted by molar-refractivity contribution is -0.259. The number of likely N-dealkylation sites (N-methyl/N-ethyl adjacent to an activating group) is 1. The number of azide groups is 1. The average Bonchev–Trinajstić information content (AvgIpc) is 4.03. The number of Topliss-reactive ketones (excluding diaryl/α,β-unsaturated/α-hetero) is 1. The molecule has 0 bridgehead atoms. The summed E-state index contributed by atoms with van der Waals surface area (Å²) in [7, 11) is 1.50. The third-order valence-corrected chi connectivity index (χ3v) is 11.2. The molecule has 61 heavy (non-hydrogen) atoms. The van der Waals surface area contributed by atoms with Gasteiger partial charge < -0.3 is 39.2 Å². The molecule has 2 fully saturated rings. The summed E-state index contributed by atoms with van der Waals surface area (Å²) in [5.41, 5.74) is 10.4. The van der Waals surface area contributed by atoms with Crippen LogP contribution in [0.25, 0.3) is 10.4 Å². The Bertz CT molecular complexity index is 1930. The first kappa shape index (κ1) is 46.9. The Balaban J connectivity index is 1.54. The van der Waals surface area contributed by atoms with Crippen LogP contribution in [0.1, 0.15) is 64.2 Å². The van der Waals surface area contributed by atoms with E-state index >= 15 is 0 Å². The van der Waals surface area contributed by atoms with Crippen LogP contribution in [0.3, 0.4) is 0 Å². The zero-order chi connectivity index (χ0) is 43.9. The van der Waals surface area contributed by atoms with Crippen LogP contribution in [0.15, 0.2) is 96.1 Å². The number of hydrogen-bond acceptors (Lipinski definition) is 10. The van der Waals surface area contributed by atoms with Gasteiger partial charge in [-0.1, -0.05) is 130 Å². The van der Waals surface area contributed by atoms with Gasteiger partial charge in [0.15, 0.2) is 11.9 Å². The highest BCUT2D eigenvalue weighted by Gasteiger charge is 2.53. The van der Waals surface area contributed by atoms with E-state index in [4.69, 9.17) is 29.2 Å². The first-order valence-corrected chi connectivity index (χ1v) is 21.0. The number of nitrogens with one attached hydrogen (secondary N) is 2. The van der Waals surface area contributed by atoms with Gasteiger partial charge >= 0.3 is 0 Å².